The van der Waals surface area contributed by atoms with E-state index in [9.17, 15) is 14.9 Å². The minimum absolute atomic E-state index is 0.0888. The maximum atomic E-state index is 11.2. The van der Waals surface area contributed by atoms with E-state index in [1.54, 1.807) is 24.3 Å². The molecule has 0 radical (unpaired) electrons. The second-order valence-electron chi connectivity index (χ2n) is 3.72. The highest BCUT2D eigenvalue weighted by Crippen LogP contribution is 2.27. The van der Waals surface area contributed by atoms with Crippen LogP contribution in [0.25, 0.3) is 0 Å². The van der Waals surface area contributed by atoms with Crippen LogP contribution in [-0.2, 0) is 0 Å². The van der Waals surface area contributed by atoms with Gasteiger partial charge in [0, 0.05) is 6.07 Å². The van der Waals surface area contributed by atoms with Crippen molar-refractivity contribution in [3.63, 3.8) is 0 Å². The zero-order valence-corrected chi connectivity index (χ0v) is 9.78. The molecule has 0 aliphatic carbocycles. The van der Waals surface area contributed by atoms with Crippen LogP contribution in [0.3, 0.4) is 0 Å². The Balaban J connectivity index is 2.34. The van der Waals surface area contributed by atoms with Gasteiger partial charge in [-0.25, -0.2) is 0 Å². The second-order valence-corrected chi connectivity index (χ2v) is 3.72. The first-order chi connectivity index (χ1) is 9.08. The molecular formula is C13H10N2O4. The van der Waals surface area contributed by atoms with Gasteiger partial charge in [-0.1, -0.05) is 18.2 Å². The fourth-order valence-electron chi connectivity index (χ4n) is 1.55. The lowest BCUT2D eigenvalue weighted by atomic mass is 10.2. The summed E-state index contributed by atoms with van der Waals surface area (Å²) in [4.78, 5) is 21.4. The number of rotatable bonds is 4. The van der Waals surface area contributed by atoms with Gasteiger partial charge in [-0.05, 0) is 18.2 Å². The topological polar surface area (TPSA) is 95.5 Å². The van der Waals surface area contributed by atoms with Crippen molar-refractivity contribution in [1.29, 1.82) is 0 Å². The van der Waals surface area contributed by atoms with Crippen LogP contribution in [0, 0.1) is 10.1 Å². The van der Waals surface area contributed by atoms with Crippen LogP contribution in [0.2, 0.25) is 0 Å². The second kappa shape index (κ2) is 5.18. The summed E-state index contributed by atoms with van der Waals surface area (Å²) in [5, 5.41) is 10.7. The molecule has 0 atom stereocenters. The van der Waals surface area contributed by atoms with E-state index in [0.717, 1.165) is 0 Å². The standard InChI is InChI=1S/C13H10N2O4/c14-13(16)11-6-1-2-7-12(11)19-10-5-3-4-9(8-10)15(17)18/h1-8H,(H2,14,16). The summed E-state index contributed by atoms with van der Waals surface area (Å²) in [6, 6.07) is 12.1. The first kappa shape index (κ1) is 12.6. The normalized spacial score (nSPS) is 9.89. The third kappa shape index (κ3) is 2.86. The number of non-ortho nitro benzene ring substituents is 1. The highest BCUT2D eigenvalue weighted by atomic mass is 16.6. The molecule has 2 aromatic rings. The molecule has 6 heteroatoms. The van der Waals surface area contributed by atoms with Gasteiger partial charge in [0.15, 0.2) is 0 Å². The van der Waals surface area contributed by atoms with Gasteiger partial charge in [-0.2, -0.15) is 0 Å². The molecule has 2 N–H and O–H groups in total. The fourth-order valence-corrected chi connectivity index (χ4v) is 1.55. The predicted molar refractivity (Wildman–Crippen MR) is 68.1 cm³/mol. The number of hydrogen-bond acceptors (Lipinski definition) is 4. The number of nitro benzene ring substituents is 1. The lowest BCUT2D eigenvalue weighted by molar-refractivity contribution is -0.384. The van der Waals surface area contributed by atoms with E-state index in [-0.39, 0.29) is 22.7 Å². The molecule has 0 fully saturated rings. The van der Waals surface area contributed by atoms with Crippen molar-refractivity contribution in [2.75, 3.05) is 0 Å². The van der Waals surface area contributed by atoms with E-state index in [0.29, 0.717) is 0 Å². The Hall–Kier alpha value is -2.89. The highest BCUT2D eigenvalue weighted by Gasteiger charge is 2.11. The number of nitrogens with two attached hydrogens (primary N) is 1. The Kier molecular flexibility index (Phi) is 3.42. The average molecular weight is 258 g/mol. The maximum Gasteiger partial charge on any atom is 0.273 e. The highest BCUT2D eigenvalue weighted by molar-refractivity contribution is 5.95. The Labute approximate surface area is 108 Å². The molecule has 1 amide bonds. The van der Waals surface area contributed by atoms with Crippen molar-refractivity contribution in [3.05, 3.63) is 64.2 Å². The summed E-state index contributed by atoms with van der Waals surface area (Å²) < 4.78 is 5.46. The van der Waals surface area contributed by atoms with Crippen molar-refractivity contribution in [2.45, 2.75) is 0 Å². The first-order valence-corrected chi connectivity index (χ1v) is 5.39. The van der Waals surface area contributed by atoms with E-state index in [1.165, 1.54) is 24.3 Å². The van der Waals surface area contributed by atoms with E-state index < -0.39 is 10.8 Å². The Morgan fingerprint density at radius 3 is 2.58 bits per heavy atom. The minimum Gasteiger partial charge on any atom is -0.456 e. The van der Waals surface area contributed by atoms with E-state index in [2.05, 4.69) is 0 Å². The van der Waals surface area contributed by atoms with E-state index in [4.69, 9.17) is 10.5 Å². The van der Waals surface area contributed by atoms with Gasteiger partial charge < -0.3 is 10.5 Å². The number of primary amides is 1. The Bertz CT molecular complexity index is 640. The smallest absolute Gasteiger partial charge is 0.273 e. The molecule has 0 bridgehead atoms. The quantitative estimate of drug-likeness (QED) is 0.673. The SMILES string of the molecule is NC(=O)c1ccccc1Oc1cccc([N+](=O)[O-])c1. The van der Waals surface area contributed by atoms with Gasteiger partial charge >= 0.3 is 0 Å². The van der Waals surface area contributed by atoms with Gasteiger partial charge in [0.25, 0.3) is 11.6 Å². The monoisotopic (exact) mass is 258 g/mol. The molecular weight excluding hydrogens is 248 g/mol. The molecule has 2 rings (SSSR count). The summed E-state index contributed by atoms with van der Waals surface area (Å²) >= 11 is 0. The molecule has 0 unspecified atom stereocenters. The number of benzene rings is 2. The zero-order chi connectivity index (χ0) is 13.8. The number of amides is 1. The lowest BCUT2D eigenvalue weighted by Gasteiger charge is -2.08. The van der Waals surface area contributed by atoms with Crippen molar-refractivity contribution in [1.82, 2.24) is 0 Å². The Morgan fingerprint density at radius 1 is 1.16 bits per heavy atom. The average Bonchev–Trinajstić information content (AvgIpc) is 2.39. The molecule has 0 spiro atoms. The van der Waals surface area contributed by atoms with Gasteiger partial charge in [0.2, 0.25) is 0 Å². The van der Waals surface area contributed by atoms with Crippen LogP contribution in [0.1, 0.15) is 10.4 Å². The zero-order valence-electron chi connectivity index (χ0n) is 9.78. The largest absolute Gasteiger partial charge is 0.456 e. The van der Waals surface area contributed by atoms with Gasteiger partial charge in [0.1, 0.15) is 11.5 Å². The van der Waals surface area contributed by atoms with Crippen LogP contribution < -0.4 is 10.5 Å². The summed E-state index contributed by atoms with van der Waals surface area (Å²) in [5.74, 6) is -0.0978. The van der Waals surface area contributed by atoms with Crippen molar-refractivity contribution in [3.8, 4) is 11.5 Å². The number of para-hydroxylation sites is 1. The molecule has 0 aromatic heterocycles. The van der Waals surface area contributed by atoms with Gasteiger partial charge in [-0.3, -0.25) is 14.9 Å². The number of hydrogen-bond donors (Lipinski definition) is 1. The van der Waals surface area contributed by atoms with Crippen molar-refractivity contribution < 1.29 is 14.5 Å². The number of nitro groups is 1. The molecule has 0 aliphatic rings. The number of carbonyl (C=O) groups excluding carboxylic acids is 1. The summed E-state index contributed by atoms with van der Waals surface area (Å²) in [7, 11) is 0. The van der Waals surface area contributed by atoms with Crippen LogP contribution in [0.4, 0.5) is 5.69 Å². The molecule has 0 saturated carbocycles. The molecule has 19 heavy (non-hydrogen) atoms. The summed E-state index contributed by atoms with van der Waals surface area (Å²) in [6.07, 6.45) is 0. The molecule has 0 aliphatic heterocycles. The van der Waals surface area contributed by atoms with Crippen LogP contribution in [0.5, 0.6) is 11.5 Å². The number of nitrogens with zero attached hydrogens (tertiary/aromatic N) is 1. The minimum atomic E-state index is -0.624. The third-order valence-corrected chi connectivity index (χ3v) is 2.41. The maximum absolute atomic E-state index is 11.2. The van der Waals surface area contributed by atoms with E-state index >= 15 is 0 Å². The predicted octanol–water partition coefficient (Wildman–Crippen LogP) is 2.49. The first-order valence-electron chi connectivity index (χ1n) is 5.39. The fraction of sp³-hybridized carbons (Fsp3) is 0. The molecule has 0 saturated heterocycles. The van der Waals surface area contributed by atoms with Gasteiger partial charge in [0.05, 0.1) is 16.6 Å². The van der Waals surface area contributed by atoms with Crippen molar-refractivity contribution in [2.24, 2.45) is 5.73 Å². The van der Waals surface area contributed by atoms with Crippen LogP contribution in [0.15, 0.2) is 48.5 Å². The van der Waals surface area contributed by atoms with Crippen LogP contribution in [-0.4, -0.2) is 10.8 Å². The summed E-state index contributed by atoms with van der Waals surface area (Å²) in [6.45, 7) is 0. The number of ether oxygens (including phenoxy) is 1. The lowest BCUT2D eigenvalue weighted by Crippen LogP contribution is -2.11. The molecule has 2 aromatic carbocycles. The van der Waals surface area contributed by atoms with Gasteiger partial charge in [-0.15, -0.1) is 0 Å². The van der Waals surface area contributed by atoms with Crippen molar-refractivity contribution >= 4 is 11.6 Å². The van der Waals surface area contributed by atoms with Crippen LogP contribution >= 0.6 is 0 Å². The molecule has 96 valence electrons. The number of carbonyl (C=O) groups is 1. The summed E-state index contributed by atoms with van der Waals surface area (Å²) in [5.41, 5.74) is 5.35. The molecule has 0 heterocycles. The van der Waals surface area contributed by atoms with E-state index in [1.807, 2.05) is 0 Å². The third-order valence-electron chi connectivity index (χ3n) is 2.41. The Morgan fingerprint density at radius 2 is 1.89 bits per heavy atom. The molecule has 6 nitrogen and oxygen atoms in total.